The lowest BCUT2D eigenvalue weighted by Crippen LogP contribution is -2.52. The Hall–Kier alpha value is -1.75. The van der Waals surface area contributed by atoms with Crippen molar-refractivity contribution in [3.05, 3.63) is 29.8 Å². The van der Waals surface area contributed by atoms with Crippen molar-refractivity contribution >= 4 is 11.7 Å². The summed E-state index contributed by atoms with van der Waals surface area (Å²) in [5.74, 6) is 0. The Bertz CT molecular complexity index is 540. The molecule has 5 nitrogen and oxygen atoms in total. The number of carbonyl (C=O) groups is 1. The molecule has 0 unspecified atom stereocenters. The van der Waals surface area contributed by atoms with Gasteiger partial charge in [-0.2, -0.15) is 0 Å². The molecule has 1 aromatic rings. The molecule has 1 aliphatic rings. The number of piperazine rings is 1. The van der Waals surface area contributed by atoms with E-state index in [1.165, 1.54) is 11.3 Å². The standard InChI is InChI=1S/C20H34N4O/c1-20(2,3)17-7-9-18(10-8-17)23-13-15-24(16-14-23)19(25)21-11-6-12-22(4)5/h7-10H,6,11-16H2,1-5H3,(H,21,25). The molecule has 0 spiro atoms. The maximum absolute atomic E-state index is 12.2. The Labute approximate surface area is 153 Å². The van der Waals surface area contributed by atoms with Crippen molar-refractivity contribution in [1.29, 1.82) is 0 Å². The average molecular weight is 347 g/mol. The zero-order chi connectivity index (χ0) is 18.4. The van der Waals surface area contributed by atoms with Gasteiger partial charge in [-0.15, -0.1) is 0 Å². The molecule has 2 amide bonds. The molecule has 0 atom stereocenters. The van der Waals surface area contributed by atoms with Crippen molar-refractivity contribution in [2.45, 2.75) is 32.6 Å². The molecule has 1 N–H and O–H groups in total. The zero-order valence-electron chi connectivity index (χ0n) is 16.5. The van der Waals surface area contributed by atoms with Crippen LogP contribution in [0.15, 0.2) is 24.3 Å². The molecule has 5 heteroatoms. The molecule has 25 heavy (non-hydrogen) atoms. The molecule has 1 aromatic carbocycles. The van der Waals surface area contributed by atoms with E-state index in [1.807, 2.05) is 4.90 Å². The van der Waals surface area contributed by atoms with Crippen molar-refractivity contribution in [1.82, 2.24) is 15.1 Å². The first-order valence-corrected chi connectivity index (χ1v) is 9.30. The van der Waals surface area contributed by atoms with Gasteiger partial charge in [-0.05, 0) is 50.2 Å². The van der Waals surface area contributed by atoms with Gasteiger partial charge in [-0.1, -0.05) is 32.9 Å². The van der Waals surface area contributed by atoms with Crippen LogP contribution in [0.4, 0.5) is 10.5 Å². The van der Waals surface area contributed by atoms with E-state index in [0.29, 0.717) is 0 Å². The van der Waals surface area contributed by atoms with Crippen LogP contribution in [0.25, 0.3) is 0 Å². The summed E-state index contributed by atoms with van der Waals surface area (Å²) < 4.78 is 0. The van der Waals surface area contributed by atoms with Crippen molar-refractivity contribution in [2.75, 3.05) is 58.3 Å². The Kier molecular flexibility index (Phi) is 6.71. The van der Waals surface area contributed by atoms with Gasteiger partial charge in [0, 0.05) is 38.4 Å². The second-order valence-corrected chi connectivity index (χ2v) is 8.16. The summed E-state index contributed by atoms with van der Waals surface area (Å²) in [4.78, 5) is 18.6. The fourth-order valence-electron chi connectivity index (χ4n) is 3.04. The number of rotatable bonds is 5. The average Bonchev–Trinajstić information content (AvgIpc) is 2.58. The molecule has 0 saturated carbocycles. The minimum Gasteiger partial charge on any atom is -0.368 e. The van der Waals surface area contributed by atoms with Crippen LogP contribution in [0.3, 0.4) is 0 Å². The highest BCUT2D eigenvalue weighted by atomic mass is 16.2. The Morgan fingerprint density at radius 2 is 1.68 bits per heavy atom. The number of amides is 2. The molecule has 140 valence electrons. The van der Waals surface area contributed by atoms with E-state index in [-0.39, 0.29) is 11.4 Å². The van der Waals surface area contributed by atoms with Gasteiger partial charge in [-0.3, -0.25) is 0 Å². The van der Waals surface area contributed by atoms with E-state index in [9.17, 15) is 4.79 Å². The number of anilines is 1. The molecule has 0 bridgehead atoms. The van der Waals surface area contributed by atoms with Gasteiger partial charge in [0.05, 0.1) is 0 Å². The third-order valence-corrected chi connectivity index (χ3v) is 4.72. The summed E-state index contributed by atoms with van der Waals surface area (Å²) >= 11 is 0. The first kappa shape index (κ1) is 19.6. The zero-order valence-corrected chi connectivity index (χ0v) is 16.5. The van der Waals surface area contributed by atoms with E-state index in [4.69, 9.17) is 0 Å². The third-order valence-electron chi connectivity index (χ3n) is 4.72. The van der Waals surface area contributed by atoms with Crippen LogP contribution in [0.1, 0.15) is 32.8 Å². The maximum Gasteiger partial charge on any atom is 0.317 e. The minimum absolute atomic E-state index is 0.0708. The van der Waals surface area contributed by atoms with Crippen LogP contribution >= 0.6 is 0 Å². The number of hydrogen-bond acceptors (Lipinski definition) is 3. The van der Waals surface area contributed by atoms with Gasteiger partial charge >= 0.3 is 6.03 Å². The van der Waals surface area contributed by atoms with Crippen LogP contribution in [-0.4, -0.2) is 69.2 Å². The molecule has 0 radical (unpaired) electrons. The lowest BCUT2D eigenvalue weighted by molar-refractivity contribution is 0.194. The summed E-state index contributed by atoms with van der Waals surface area (Å²) in [7, 11) is 4.10. The molecular weight excluding hydrogens is 312 g/mol. The number of urea groups is 1. The topological polar surface area (TPSA) is 38.8 Å². The number of benzene rings is 1. The molecule has 0 aromatic heterocycles. The van der Waals surface area contributed by atoms with Crippen LogP contribution < -0.4 is 10.2 Å². The predicted octanol–water partition coefficient (Wildman–Crippen LogP) is 2.77. The highest BCUT2D eigenvalue weighted by Crippen LogP contribution is 2.25. The first-order chi connectivity index (χ1) is 11.8. The fourth-order valence-corrected chi connectivity index (χ4v) is 3.04. The SMILES string of the molecule is CN(C)CCCNC(=O)N1CCN(c2ccc(C(C)(C)C)cc2)CC1. The minimum atomic E-state index is 0.0708. The molecule has 2 rings (SSSR count). The second kappa shape index (κ2) is 8.56. The van der Waals surface area contributed by atoms with Crippen LogP contribution in [-0.2, 0) is 5.41 Å². The van der Waals surface area contributed by atoms with E-state index in [2.05, 4.69) is 74.2 Å². The monoisotopic (exact) mass is 346 g/mol. The third kappa shape index (κ3) is 5.92. The molecular formula is C20H34N4O. The first-order valence-electron chi connectivity index (χ1n) is 9.30. The van der Waals surface area contributed by atoms with Gasteiger partial charge < -0.3 is 20.0 Å². The molecule has 1 fully saturated rings. The van der Waals surface area contributed by atoms with Crippen LogP contribution in [0.2, 0.25) is 0 Å². The maximum atomic E-state index is 12.2. The van der Waals surface area contributed by atoms with Crippen molar-refractivity contribution in [3.63, 3.8) is 0 Å². The van der Waals surface area contributed by atoms with Gasteiger partial charge in [0.25, 0.3) is 0 Å². The smallest absolute Gasteiger partial charge is 0.317 e. The largest absolute Gasteiger partial charge is 0.368 e. The highest BCUT2D eigenvalue weighted by molar-refractivity contribution is 5.74. The van der Waals surface area contributed by atoms with Crippen molar-refractivity contribution in [2.24, 2.45) is 0 Å². The number of nitrogens with zero attached hydrogens (tertiary/aromatic N) is 3. The fraction of sp³-hybridized carbons (Fsp3) is 0.650. The van der Waals surface area contributed by atoms with Gasteiger partial charge in [0.1, 0.15) is 0 Å². The predicted molar refractivity (Wildman–Crippen MR) is 105 cm³/mol. The van der Waals surface area contributed by atoms with E-state index in [0.717, 1.165) is 45.7 Å². The van der Waals surface area contributed by atoms with Crippen molar-refractivity contribution in [3.8, 4) is 0 Å². The lowest BCUT2D eigenvalue weighted by Gasteiger charge is -2.36. The summed E-state index contributed by atoms with van der Waals surface area (Å²) in [5, 5.41) is 3.03. The number of nitrogens with one attached hydrogen (secondary N) is 1. The van der Waals surface area contributed by atoms with Gasteiger partial charge in [-0.25, -0.2) is 4.79 Å². The van der Waals surface area contributed by atoms with Gasteiger partial charge in [0.15, 0.2) is 0 Å². The second-order valence-electron chi connectivity index (χ2n) is 8.16. The summed E-state index contributed by atoms with van der Waals surface area (Å²) in [6.07, 6.45) is 0.985. The molecule has 1 saturated heterocycles. The Balaban J connectivity index is 1.78. The van der Waals surface area contributed by atoms with Crippen LogP contribution in [0, 0.1) is 0 Å². The summed E-state index contributed by atoms with van der Waals surface area (Å²) in [5.41, 5.74) is 2.79. The lowest BCUT2D eigenvalue weighted by atomic mass is 9.87. The van der Waals surface area contributed by atoms with E-state index in [1.54, 1.807) is 0 Å². The Morgan fingerprint density at radius 1 is 1.08 bits per heavy atom. The highest BCUT2D eigenvalue weighted by Gasteiger charge is 2.21. The molecule has 0 aliphatic carbocycles. The quantitative estimate of drug-likeness (QED) is 0.833. The molecule has 1 aliphatic heterocycles. The van der Waals surface area contributed by atoms with Crippen molar-refractivity contribution < 1.29 is 4.79 Å². The normalized spacial score (nSPS) is 15.6. The molecule has 1 heterocycles. The Morgan fingerprint density at radius 3 is 2.20 bits per heavy atom. The van der Waals surface area contributed by atoms with E-state index >= 15 is 0 Å². The van der Waals surface area contributed by atoms with Gasteiger partial charge in [0.2, 0.25) is 0 Å². The van der Waals surface area contributed by atoms with E-state index < -0.39 is 0 Å². The summed E-state index contributed by atoms with van der Waals surface area (Å²) in [6, 6.07) is 8.93. The van der Waals surface area contributed by atoms with Crippen LogP contribution in [0.5, 0.6) is 0 Å². The number of carbonyl (C=O) groups excluding carboxylic acids is 1. The number of hydrogen-bond donors (Lipinski definition) is 1. The summed E-state index contributed by atoms with van der Waals surface area (Å²) in [6.45, 7) is 11.8.